The first kappa shape index (κ1) is 30.2. The fourth-order valence-corrected chi connectivity index (χ4v) is 7.37. The summed E-state index contributed by atoms with van der Waals surface area (Å²) in [5, 5.41) is 11.4. The molecule has 11 nitrogen and oxygen atoms in total. The van der Waals surface area contributed by atoms with Crippen LogP contribution in [0.5, 0.6) is 11.5 Å². The van der Waals surface area contributed by atoms with Crippen molar-refractivity contribution in [2.45, 2.75) is 43.7 Å². The van der Waals surface area contributed by atoms with Gasteiger partial charge in [-0.2, -0.15) is 4.31 Å². The van der Waals surface area contributed by atoms with Gasteiger partial charge in [0.25, 0.3) is 0 Å². The third-order valence-corrected chi connectivity index (χ3v) is 9.87. The summed E-state index contributed by atoms with van der Waals surface area (Å²) < 4.78 is 42.4. The van der Waals surface area contributed by atoms with Crippen molar-refractivity contribution >= 4 is 32.7 Å². The first-order chi connectivity index (χ1) is 21.6. The van der Waals surface area contributed by atoms with Crippen LogP contribution in [0.3, 0.4) is 0 Å². The summed E-state index contributed by atoms with van der Waals surface area (Å²) in [5.74, 6) is 0.324. The SMILES string of the molecule is COc1cc([C@@H](CC(=O)Nc2cccnc2)c2ccc(C)c(CN3C[C@@H](C)Oc4ccccc4S3(=O)=O)c2)cc2nnn(C)c12. The molecule has 0 aliphatic carbocycles. The molecule has 0 radical (unpaired) electrons. The molecule has 5 aromatic rings. The van der Waals surface area contributed by atoms with Crippen molar-refractivity contribution < 1.29 is 22.7 Å². The largest absolute Gasteiger partial charge is 0.494 e. The number of carbonyl (C=O) groups is 1. The van der Waals surface area contributed by atoms with Crippen LogP contribution in [0.1, 0.15) is 41.5 Å². The lowest BCUT2D eigenvalue weighted by molar-refractivity contribution is -0.116. The number of methoxy groups -OCH3 is 1. The number of para-hydroxylation sites is 1. The lowest BCUT2D eigenvalue weighted by Gasteiger charge is -2.24. The molecule has 1 aliphatic heterocycles. The van der Waals surface area contributed by atoms with Gasteiger partial charge in [0.2, 0.25) is 15.9 Å². The fraction of sp³-hybridized carbons (Fsp3) is 0.273. The summed E-state index contributed by atoms with van der Waals surface area (Å²) in [6, 6.07) is 20.0. The third-order valence-electron chi connectivity index (χ3n) is 8.02. The topological polar surface area (TPSA) is 129 Å². The van der Waals surface area contributed by atoms with E-state index in [4.69, 9.17) is 9.47 Å². The maximum Gasteiger partial charge on any atom is 0.247 e. The Hall–Kier alpha value is -4.81. The van der Waals surface area contributed by atoms with Crippen molar-refractivity contribution in [3.05, 3.63) is 101 Å². The first-order valence-electron chi connectivity index (χ1n) is 14.6. The second kappa shape index (κ2) is 12.3. The third kappa shape index (κ3) is 6.11. The van der Waals surface area contributed by atoms with Crippen molar-refractivity contribution in [1.29, 1.82) is 0 Å². The number of aromatic nitrogens is 4. The number of carbonyl (C=O) groups excluding carboxylic acids is 1. The number of pyridine rings is 1. The average Bonchev–Trinajstić information content (AvgIpc) is 3.37. The van der Waals surface area contributed by atoms with Crippen LogP contribution >= 0.6 is 0 Å². The van der Waals surface area contributed by atoms with E-state index in [0.717, 1.165) is 27.8 Å². The normalized spacial score (nSPS) is 16.8. The van der Waals surface area contributed by atoms with Gasteiger partial charge >= 0.3 is 0 Å². The van der Waals surface area contributed by atoms with Gasteiger partial charge in [-0.3, -0.25) is 9.78 Å². The summed E-state index contributed by atoms with van der Waals surface area (Å²) >= 11 is 0. The van der Waals surface area contributed by atoms with Gasteiger partial charge in [0.1, 0.15) is 33.5 Å². The highest BCUT2D eigenvalue weighted by Gasteiger charge is 2.33. The van der Waals surface area contributed by atoms with Crippen LogP contribution in [0.2, 0.25) is 0 Å². The van der Waals surface area contributed by atoms with Crippen LogP contribution in [0.15, 0.2) is 84.0 Å². The second-order valence-corrected chi connectivity index (χ2v) is 13.1. The molecule has 2 aromatic heterocycles. The van der Waals surface area contributed by atoms with Crippen LogP contribution in [-0.4, -0.2) is 58.4 Å². The Morgan fingerprint density at radius 3 is 2.71 bits per heavy atom. The number of rotatable bonds is 8. The van der Waals surface area contributed by atoms with E-state index in [1.807, 2.05) is 44.2 Å². The minimum Gasteiger partial charge on any atom is -0.494 e. The highest BCUT2D eigenvalue weighted by atomic mass is 32.2. The van der Waals surface area contributed by atoms with Gasteiger partial charge in [0.15, 0.2) is 0 Å². The molecule has 3 heterocycles. The molecule has 0 fully saturated rings. The van der Waals surface area contributed by atoms with Gasteiger partial charge in [-0.15, -0.1) is 5.10 Å². The molecule has 3 aromatic carbocycles. The number of nitrogens with one attached hydrogen (secondary N) is 1. The molecule has 0 saturated carbocycles. The number of aryl methyl sites for hydroxylation is 2. The number of anilines is 1. The molecule has 6 rings (SSSR count). The smallest absolute Gasteiger partial charge is 0.247 e. The maximum atomic E-state index is 13.8. The number of sulfonamides is 1. The molecular weight excluding hydrogens is 592 g/mol. The highest BCUT2D eigenvalue weighted by Crippen LogP contribution is 2.37. The van der Waals surface area contributed by atoms with E-state index in [0.29, 0.717) is 22.7 Å². The number of amides is 1. The summed E-state index contributed by atoms with van der Waals surface area (Å²) in [6.45, 7) is 4.15. The lowest BCUT2D eigenvalue weighted by Crippen LogP contribution is -2.35. The second-order valence-electron chi connectivity index (χ2n) is 11.2. The summed E-state index contributed by atoms with van der Waals surface area (Å²) in [6.07, 6.45) is 3.00. The van der Waals surface area contributed by atoms with E-state index in [2.05, 4.69) is 20.6 Å². The van der Waals surface area contributed by atoms with Gasteiger partial charge in [0.05, 0.1) is 25.5 Å². The standard InChI is InChI=1S/C33H34N6O5S/c1-21-11-12-23(14-25(21)20-39-19-22(2)44-29-9-5-6-10-31(29)45(39,41)42)27(17-32(40)35-26-8-7-13-34-18-26)24-15-28-33(30(16-24)43-4)38(3)37-36-28/h5-16,18,22,27H,17,19-20H2,1-4H3,(H,35,40)/t22-,27+/m1/s1. The monoisotopic (exact) mass is 626 g/mol. The Kier molecular flexibility index (Phi) is 8.26. The van der Waals surface area contributed by atoms with Gasteiger partial charge in [0, 0.05) is 32.1 Å². The number of benzene rings is 3. The highest BCUT2D eigenvalue weighted by molar-refractivity contribution is 7.89. The Labute approximate surface area is 261 Å². The van der Waals surface area contributed by atoms with E-state index in [1.54, 1.807) is 67.6 Å². The zero-order valence-corrected chi connectivity index (χ0v) is 26.3. The molecule has 0 saturated heterocycles. The summed E-state index contributed by atoms with van der Waals surface area (Å²) in [5.41, 5.74) is 5.39. The lowest BCUT2D eigenvalue weighted by atomic mass is 9.86. The van der Waals surface area contributed by atoms with E-state index in [9.17, 15) is 13.2 Å². The van der Waals surface area contributed by atoms with Gasteiger partial charge in [-0.25, -0.2) is 13.1 Å². The quantitative estimate of drug-likeness (QED) is 0.260. The minimum atomic E-state index is -3.83. The molecule has 232 valence electrons. The van der Waals surface area contributed by atoms with Crippen LogP contribution in [0.25, 0.3) is 11.0 Å². The van der Waals surface area contributed by atoms with Gasteiger partial charge in [-0.05, 0) is 72.5 Å². The zero-order valence-electron chi connectivity index (χ0n) is 25.5. The molecule has 0 bridgehead atoms. The van der Waals surface area contributed by atoms with Crippen LogP contribution in [0.4, 0.5) is 5.69 Å². The van der Waals surface area contributed by atoms with Crippen molar-refractivity contribution in [2.24, 2.45) is 7.05 Å². The van der Waals surface area contributed by atoms with Crippen molar-refractivity contribution in [1.82, 2.24) is 24.3 Å². The Balaban J connectivity index is 1.40. The number of ether oxygens (including phenoxy) is 2. The molecule has 2 atom stereocenters. The summed E-state index contributed by atoms with van der Waals surface area (Å²) in [4.78, 5) is 17.7. The molecular formula is C33H34N6O5S. The van der Waals surface area contributed by atoms with Crippen LogP contribution in [0, 0.1) is 6.92 Å². The van der Waals surface area contributed by atoms with E-state index in [-0.39, 0.29) is 36.4 Å². The maximum absolute atomic E-state index is 13.8. The van der Waals surface area contributed by atoms with Gasteiger partial charge < -0.3 is 14.8 Å². The van der Waals surface area contributed by atoms with E-state index >= 15 is 0 Å². The Bertz CT molecular complexity index is 1980. The molecule has 1 amide bonds. The molecule has 0 unspecified atom stereocenters. The van der Waals surface area contributed by atoms with E-state index < -0.39 is 15.9 Å². The predicted molar refractivity (Wildman–Crippen MR) is 170 cm³/mol. The van der Waals surface area contributed by atoms with Crippen molar-refractivity contribution in [2.75, 3.05) is 19.0 Å². The average molecular weight is 627 g/mol. The number of hydrogen-bond donors (Lipinski definition) is 1. The molecule has 45 heavy (non-hydrogen) atoms. The summed E-state index contributed by atoms with van der Waals surface area (Å²) in [7, 11) is -0.450. The van der Waals surface area contributed by atoms with Gasteiger partial charge in [-0.1, -0.05) is 35.5 Å². The molecule has 1 aliphatic rings. The predicted octanol–water partition coefficient (Wildman–Crippen LogP) is 4.81. The zero-order chi connectivity index (χ0) is 31.7. The fourth-order valence-electron chi connectivity index (χ4n) is 5.75. The van der Waals surface area contributed by atoms with Crippen molar-refractivity contribution in [3.8, 4) is 11.5 Å². The Morgan fingerprint density at radius 1 is 1.11 bits per heavy atom. The van der Waals surface area contributed by atoms with E-state index in [1.165, 1.54) is 4.31 Å². The molecule has 12 heteroatoms. The molecule has 1 N–H and O–H groups in total. The van der Waals surface area contributed by atoms with Crippen LogP contribution < -0.4 is 14.8 Å². The molecule has 0 spiro atoms. The van der Waals surface area contributed by atoms with Crippen LogP contribution in [-0.2, 0) is 28.4 Å². The first-order valence-corrected chi connectivity index (χ1v) is 16.0. The minimum absolute atomic E-state index is 0.104. The number of nitrogens with zero attached hydrogens (tertiary/aromatic N) is 5. The number of hydrogen-bond acceptors (Lipinski definition) is 8. The number of fused-ring (bicyclic) bond motifs is 2. The van der Waals surface area contributed by atoms with Crippen molar-refractivity contribution in [3.63, 3.8) is 0 Å². The Morgan fingerprint density at radius 2 is 1.93 bits per heavy atom.